The van der Waals surface area contributed by atoms with Crippen molar-refractivity contribution in [1.29, 1.82) is 0 Å². The van der Waals surface area contributed by atoms with Crippen molar-refractivity contribution >= 4 is 34.6 Å². The molecule has 120 valence electrons. The first-order valence-corrected chi connectivity index (χ1v) is 7.71. The molecule has 2 aliphatic rings. The minimum absolute atomic E-state index is 0.405. The molecule has 0 radical (unpaired) electrons. The Hall–Kier alpha value is -0.960. The van der Waals surface area contributed by atoms with Crippen LogP contribution in [-0.4, -0.2) is 57.6 Å². The highest BCUT2D eigenvalue weighted by Crippen LogP contribution is 2.38. The molecule has 6 nitrogen and oxygen atoms in total. The predicted molar refractivity (Wildman–Crippen MR) is 86.0 cm³/mol. The van der Waals surface area contributed by atoms with Gasteiger partial charge in [-0.05, 0) is 30.8 Å². The molecule has 2 fully saturated rings. The van der Waals surface area contributed by atoms with Crippen LogP contribution in [0.5, 0.6) is 0 Å². The van der Waals surface area contributed by atoms with Gasteiger partial charge in [-0.2, -0.15) is 0 Å². The third kappa shape index (κ3) is 2.38. The van der Waals surface area contributed by atoms with Crippen LogP contribution >= 0.6 is 23.8 Å². The van der Waals surface area contributed by atoms with Gasteiger partial charge in [0, 0.05) is 0 Å². The summed E-state index contributed by atoms with van der Waals surface area (Å²) in [5.74, 6) is 0. The lowest BCUT2D eigenvalue weighted by molar-refractivity contribution is -0.0798. The maximum atomic E-state index is 10.3. The van der Waals surface area contributed by atoms with Gasteiger partial charge in [0.05, 0.1) is 17.3 Å². The molecule has 1 aromatic carbocycles. The number of rotatable bonds is 3. The Morgan fingerprint density at radius 2 is 2.23 bits per heavy atom. The molecule has 0 aliphatic carbocycles. The van der Waals surface area contributed by atoms with Crippen molar-refractivity contribution in [3.63, 3.8) is 0 Å². The molecule has 0 aromatic heterocycles. The zero-order valence-corrected chi connectivity index (χ0v) is 13.4. The van der Waals surface area contributed by atoms with E-state index in [4.69, 9.17) is 33.7 Å². The lowest BCUT2D eigenvalue weighted by Gasteiger charge is -2.28. The number of nitrogens with zero attached hydrogens (tertiary/aromatic N) is 1. The summed E-state index contributed by atoms with van der Waals surface area (Å²) in [6.07, 6.45) is -3.63. The molecule has 0 spiro atoms. The first-order valence-electron chi connectivity index (χ1n) is 6.93. The lowest BCUT2D eigenvalue weighted by Crippen LogP contribution is -2.45. The number of aliphatic hydroxyl groups excluding tert-OH is 3. The first-order chi connectivity index (χ1) is 10.5. The number of hydrogen-bond donors (Lipinski definition) is 4. The van der Waals surface area contributed by atoms with Crippen LogP contribution in [0.4, 0.5) is 5.69 Å². The minimum atomic E-state index is -1.16. The van der Waals surface area contributed by atoms with E-state index in [-0.39, 0.29) is 0 Å². The number of fused-ring (bicyclic) bond motifs is 1. The van der Waals surface area contributed by atoms with E-state index in [2.05, 4.69) is 5.32 Å². The van der Waals surface area contributed by atoms with Gasteiger partial charge in [0.1, 0.15) is 24.4 Å². The van der Waals surface area contributed by atoms with E-state index in [1.165, 1.54) is 0 Å². The zero-order chi connectivity index (χ0) is 16.0. The maximum absolute atomic E-state index is 10.3. The highest BCUT2D eigenvalue weighted by Gasteiger charge is 2.54. The third-order valence-corrected chi connectivity index (χ3v) is 4.69. The smallest absolute Gasteiger partial charge is 0.176 e. The summed E-state index contributed by atoms with van der Waals surface area (Å²) in [6.45, 7) is 1.42. The van der Waals surface area contributed by atoms with Gasteiger partial charge in [-0.3, -0.25) is 4.90 Å². The topological polar surface area (TPSA) is 85.2 Å². The lowest BCUT2D eigenvalue weighted by atomic mass is 10.0. The van der Waals surface area contributed by atoms with Crippen LogP contribution in [-0.2, 0) is 4.74 Å². The highest BCUT2D eigenvalue weighted by molar-refractivity contribution is 7.80. The Bertz CT molecular complexity index is 582. The van der Waals surface area contributed by atoms with Gasteiger partial charge < -0.3 is 25.4 Å². The Morgan fingerprint density at radius 3 is 2.86 bits per heavy atom. The fourth-order valence-electron chi connectivity index (χ4n) is 2.98. The molecule has 1 aromatic rings. The summed E-state index contributed by atoms with van der Waals surface area (Å²) in [5, 5.41) is 33.1. The van der Waals surface area contributed by atoms with Crippen LogP contribution in [0.2, 0.25) is 5.02 Å². The standard InChI is InChI=1S/C14H17ClN2O4S/c1-6-3-2-4-7(15)10(6)17-13-9(16-14(17)22)11(20)12(21-13)8(19)5-18/h2-4,8-9,11-13,18-20H,5H2,1H3,(H,16,22)/t8-,9-,11-,12-,13+/m1/s1. The van der Waals surface area contributed by atoms with Crippen molar-refractivity contribution in [2.45, 2.75) is 37.5 Å². The molecule has 0 amide bonds. The molecular formula is C14H17ClN2O4S. The summed E-state index contributed by atoms with van der Waals surface area (Å²) in [5.41, 5.74) is 1.63. The van der Waals surface area contributed by atoms with E-state index in [1.807, 2.05) is 19.1 Å². The van der Waals surface area contributed by atoms with E-state index in [1.54, 1.807) is 11.0 Å². The van der Waals surface area contributed by atoms with Crippen LogP contribution in [0.3, 0.4) is 0 Å². The number of aryl methyl sites for hydroxylation is 1. The largest absolute Gasteiger partial charge is 0.394 e. The van der Waals surface area contributed by atoms with Crippen LogP contribution in [0, 0.1) is 6.92 Å². The SMILES string of the molecule is Cc1cccc(Cl)c1N1C(=S)N[C@@H]2[C@@H](O)[C@@H]([C@H](O)CO)O[C@@H]21. The van der Waals surface area contributed by atoms with Gasteiger partial charge >= 0.3 is 0 Å². The average molecular weight is 345 g/mol. The number of nitrogens with one attached hydrogen (secondary N) is 1. The molecular weight excluding hydrogens is 328 g/mol. The number of para-hydroxylation sites is 1. The molecule has 0 unspecified atom stereocenters. The number of benzene rings is 1. The summed E-state index contributed by atoms with van der Waals surface area (Å²) < 4.78 is 5.76. The predicted octanol–water partition coefficient (Wildman–Crippen LogP) is 0.151. The molecule has 2 saturated heterocycles. The Balaban J connectivity index is 1.95. The Morgan fingerprint density at radius 1 is 1.50 bits per heavy atom. The van der Waals surface area contributed by atoms with Crippen LogP contribution in [0.1, 0.15) is 5.56 Å². The third-order valence-electron chi connectivity index (χ3n) is 4.07. The van der Waals surface area contributed by atoms with E-state index < -0.39 is 37.2 Å². The second-order valence-electron chi connectivity index (χ2n) is 5.48. The zero-order valence-electron chi connectivity index (χ0n) is 11.8. The van der Waals surface area contributed by atoms with Gasteiger partial charge in [-0.25, -0.2) is 0 Å². The van der Waals surface area contributed by atoms with Gasteiger partial charge in [0.2, 0.25) is 0 Å². The quantitative estimate of drug-likeness (QED) is 0.581. The number of thiocarbonyl (C=S) groups is 1. The van der Waals surface area contributed by atoms with Crippen molar-refractivity contribution in [3.8, 4) is 0 Å². The second kappa shape index (κ2) is 5.92. The van der Waals surface area contributed by atoms with Crippen LogP contribution < -0.4 is 10.2 Å². The molecule has 0 saturated carbocycles. The number of hydrogen-bond acceptors (Lipinski definition) is 5. The van der Waals surface area contributed by atoms with E-state index in [0.717, 1.165) is 5.56 Å². The summed E-state index contributed by atoms with van der Waals surface area (Å²) in [4.78, 5) is 1.71. The monoisotopic (exact) mass is 344 g/mol. The van der Waals surface area contributed by atoms with Crippen molar-refractivity contribution in [2.75, 3.05) is 11.5 Å². The number of ether oxygens (including phenoxy) is 1. The van der Waals surface area contributed by atoms with E-state index >= 15 is 0 Å². The van der Waals surface area contributed by atoms with E-state index in [9.17, 15) is 10.2 Å². The highest BCUT2D eigenvalue weighted by atomic mass is 35.5. The molecule has 5 atom stereocenters. The van der Waals surface area contributed by atoms with Gasteiger partial charge in [-0.1, -0.05) is 23.7 Å². The van der Waals surface area contributed by atoms with Crippen LogP contribution in [0.25, 0.3) is 0 Å². The molecule has 22 heavy (non-hydrogen) atoms. The molecule has 2 aliphatic heterocycles. The number of aliphatic hydroxyl groups is 3. The maximum Gasteiger partial charge on any atom is 0.176 e. The van der Waals surface area contributed by atoms with Gasteiger partial charge in [0.15, 0.2) is 11.3 Å². The molecule has 0 bridgehead atoms. The van der Waals surface area contributed by atoms with Gasteiger partial charge in [-0.15, -0.1) is 0 Å². The van der Waals surface area contributed by atoms with Crippen molar-refractivity contribution in [1.82, 2.24) is 5.32 Å². The first kappa shape index (κ1) is 15.9. The van der Waals surface area contributed by atoms with Gasteiger partial charge in [0.25, 0.3) is 0 Å². The molecule has 2 heterocycles. The van der Waals surface area contributed by atoms with Crippen molar-refractivity contribution in [2.24, 2.45) is 0 Å². The second-order valence-corrected chi connectivity index (χ2v) is 6.28. The summed E-state index contributed by atoms with van der Waals surface area (Å²) in [6, 6.07) is 5.01. The molecule has 4 N–H and O–H groups in total. The number of halogens is 1. The molecule has 3 rings (SSSR count). The van der Waals surface area contributed by atoms with Crippen LogP contribution in [0.15, 0.2) is 18.2 Å². The fraction of sp³-hybridized carbons (Fsp3) is 0.500. The summed E-state index contributed by atoms with van der Waals surface area (Å²) >= 11 is 11.6. The van der Waals surface area contributed by atoms with Crippen molar-refractivity contribution in [3.05, 3.63) is 28.8 Å². The Labute approximate surface area is 138 Å². The summed E-state index contributed by atoms with van der Waals surface area (Å²) in [7, 11) is 0. The Kier molecular flexibility index (Phi) is 4.28. The minimum Gasteiger partial charge on any atom is -0.394 e. The fourth-order valence-corrected chi connectivity index (χ4v) is 3.63. The van der Waals surface area contributed by atoms with E-state index in [0.29, 0.717) is 15.8 Å². The number of anilines is 1. The average Bonchev–Trinajstić information content (AvgIpc) is 2.96. The van der Waals surface area contributed by atoms with Crippen molar-refractivity contribution < 1.29 is 20.1 Å². The molecule has 8 heteroatoms. The normalized spacial score (nSPS) is 32.0.